The zero-order valence-corrected chi connectivity index (χ0v) is 13.9. The normalized spacial score (nSPS) is 15.6. The molecule has 2 aromatic rings. The highest BCUT2D eigenvalue weighted by Crippen LogP contribution is 2.11. The minimum absolute atomic E-state index is 0.718. The number of aryl methyl sites for hydroxylation is 1. The van der Waals surface area contributed by atoms with E-state index in [1.54, 1.807) is 0 Å². The first-order valence-electron chi connectivity index (χ1n) is 8.63. The van der Waals surface area contributed by atoms with Crippen LogP contribution >= 0.6 is 0 Å². The zero-order chi connectivity index (χ0) is 15.9. The Hall–Kier alpha value is -1.72. The van der Waals surface area contributed by atoms with Crippen molar-refractivity contribution in [3.8, 4) is 0 Å². The van der Waals surface area contributed by atoms with Crippen molar-refractivity contribution >= 4 is 0 Å². The van der Waals surface area contributed by atoms with Crippen LogP contribution in [0.15, 0.2) is 34.9 Å². The molecule has 3 rings (SSSR count). The molecule has 1 fully saturated rings. The van der Waals surface area contributed by atoms with Gasteiger partial charge in [-0.15, -0.1) is 0 Å². The van der Waals surface area contributed by atoms with Crippen LogP contribution in [-0.2, 0) is 19.5 Å². The Morgan fingerprint density at radius 1 is 1.13 bits per heavy atom. The van der Waals surface area contributed by atoms with Crippen molar-refractivity contribution in [3.63, 3.8) is 0 Å². The minimum Gasteiger partial charge on any atom is -0.338 e. The molecule has 0 bridgehead atoms. The molecule has 5 nitrogen and oxygen atoms in total. The standard InChI is InChI=1S/C18H26N4O/c1-2-17-19-18(23-20-17)15-22(13-12-21-10-6-7-11-21)14-16-8-4-3-5-9-16/h3-5,8-9H,2,6-7,10-15H2,1H3. The van der Waals surface area contributed by atoms with Crippen LogP contribution in [0.4, 0.5) is 0 Å². The van der Waals surface area contributed by atoms with Gasteiger partial charge >= 0.3 is 0 Å². The Morgan fingerprint density at radius 2 is 1.91 bits per heavy atom. The maximum absolute atomic E-state index is 5.38. The Balaban J connectivity index is 1.61. The van der Waals surface area contributed by atoms with Crippen LogP contribution < -0.4 is 0 Å². The fourth-order valence-electron chi connectivity index (χ4n) is 3.03. The van der Waals surface area contributed by atoms with Gasteiger partial charge in [-0.05, 0) is 31.5 Å². The number of rotatable bonds is 8. The number of likely N-dealkylation sites (tertiary alicyclic amines) is 1. The van der Waals surface area contributed by atoms with Crippen LogP contribution in [0.2, 0.25) is 0 Å². The highest BCUT2D eigenvalue weighted by Gasteiger charge is 2.16. The molecule has 1 aromatic heterocycles. The maximum atomic E-state index is 5.38. The van der Waals surface area contributed by atoms with E-state index in [4.69, 9.17) is 4.52 Å². The third-order valence-electron chi connectivity index (χ3n) is 4.37. The topological polar surface area (TPSA) is 45.4 Å². The first-order valence-corrected chi connectivity index (χ1v) is 8.63. The van der Waals surface area contributed by atoms with E-state index < -0.39 is 0 Å². The molecule has 1 aromatic carbocycles. The Kier molecular flexibility index (Phi) is 5.77. The Morgan fingerprint density at radius 3 is 2.61 bits per heavy atom. The van der Waals surface area contributed by atoms with Gasteiger partial charge in [0.15, 0.2) is 5.82 Å². The summed E-state index contributed by atoms with van der Waals surface area (Å²) in [6.45, 7) is 8.29. The summed E-state index contributed by atoms with van der Waals surface area (Å²) >= 11 is 0. The second kappa shape index (κ2) is 8.22. The lowest BCUT2D eigenvalue weighted by Gasteiger charge is -2.24. The lowest BCUT2D eigenvalue weighted by molar-refractivity contribution is 0.189. The van der Waals surface area contributed by atoms with Gasteiger partial charge in [0, 0.05) is 26.1 Å². The van der Waals surface area contributed by atoms with Gasteiger partial charge in [0.2, 0.25) is 5.89 Å². The summed E-state index contributed by atoms with van der Waals surface area (Å²) in [5.41, 5.74) is 1.32. The molecule has 1 aliphatic heterocycles. The summed E-state index contributed by atoms with van der Waals surface area (Å²) < 4.78 is 5.38. The predicted octanol–water partition coefficient (Wildman–Crippen LogP) is 2.73. The molecule has 0 atom stereocenters. The van der Waals surface area contributed by atoms with Crippen LogP contribution in [0.3, 0.4) is 0 Å². The maximum Gasteiger partial charge on any atom is 0.240 e. The summed E-state index contributed by atoms with van der Waals surface area (Å²) in [6, 6.07) is 10.6. The van der Waals surface area contributed by atoms with Crippen molar-refractivity contribution < 1.29 is 4.52 Å². The molecule has 0 amide bonds. The molecule has 5 heteroatoms. The Labute approximate surface area is 138 Å². The third kappa shape index (κ3) is 4.88. The summed E-state index contributed by atoms with van der Waals surface area (Å²) in [6.07, 6.45) is 3.49. The van der Waals surface area contributed by atoms with Crippen molar-refractivity contribution in [1.29, 1.82) is 0 Å². The fourth-order valence-corrected chi connectivity index (χ4v) is 3.03. The second-order valence-corrected chi connectivity index (χ2v) is 6.20. The van der Waals surface area contributed by atoms with Crippen LogP contribution in [0.5, 0.6) is 0 Å². The van der Waals surface area contributed by atoms with Gasteiger partial charge in [-0.25, -0.2) is 0 Å². The fraction of sp³-hybridized carbons (Fsp3) is 0.556. The SMILES string of the molecule is CCc1noc(CN(CCN2CCCC2)Cc2ccccc2)n1. The van der Waals surface area contributed by atoms with Gasteiger partial charge in [0.1, 0.15) is 0 Å². The largest absolute Gasteiger partial charge is 0.338 e. The summed E-state index contributed by atoms with van der Waals surface area (Å²) in [7, 11) is 0. The predicted molar refractivity (Wildman–Crippen MR) is 89.9 cm³/mol. The summed E-state index contributed by atoms with van der Waals surface area (Å²) in [5, 5.41) is 4.01. The number of benzene rings is 1. The van der Waals surface area contributed by atoms with Gasteiger partial charge in [0.05, 0.1) is 6.54 Å². The van der Waals surface area contributed by atoms with E-state index in [0.717, 1.165) is 44.3 Å². The van der Waals surface area contributed by atoms with Crippen LogP contribution in [0.1, 0.15) is 37.0 Å². The van der Waals surface area contributed by atoms with Crippen LogP contribution in [-0.4, -0.2) is 46.1 Å². The molecular formula is C18H26N4O. The molecule has 23 heavy (non-hydrogen) atoms. The van der Waals surface area contributed by atoms with Gasteiger partial charge in [-0.1, -0.05) is 42.4 Å². The van der Waals surface area contributed by atoms with Crippen molar-refractivity contribution in [2.75, 3.05) is 26.2 Å². The molecule has 1 aliphatic rings. The summed E-state index contributed by atoms with van der Waals surface area (Å²) in [4.78, 5) is 9.41. The molecule has 0 unspecified atom stereocenters. The lowest BCUT2D eigenvalue weighted by Crippen LogP contribution is -2.33. The average Bonchev–Trinajstić information content (AvgIpc) is 3.25. The summed E-state index contributed by atoms with van der Waals surface area (Å²) in [5.74, 6) is 1.51. The van der Waals surface area contributed by atoms with E-state index >= 15 is 0 Å². The van der Waals surface area contributed by atoms with Gasteiger partial charge in [0.25, 0.3) is 0 Å². The molecule has 0 N–H and O–H groups in total. The van der Waals surface area contributed by atoms with Crippen molar-refractivity contribution in [1.82, 2.24) is 19.9 Å². The monoisotopic (exact) mass is 314 g/mol. The second-order valence-electron chi connectivity index (χ2n) is 6.20. The van der Waals surface area contributed by atoms with E-state index in [1.807, 2.05) is 6.92 Å². The van der Waals surface area contributed by atoms with Gasteiger partial charge in [-0.2, -0.15) is 4.98 Å². The molecule has 0 saturated carbocycles. The highest BCUT2D eigenvalue weighted by atomic mass is 16.5. The van der Waals surface area contributed by atoms with E-state index in [1.165, 1.54) is 31.5 Å². The average molecular weight is 314 g/mol. The quantitative estimate of drug-likeness (QED) is 0.750. The van der Waals surface area contributed by atoms with E-state index in [0.29, 0.717) is 0 Å². The Bertz CT molecular complexity index is 578. The molecular weight excluding hydrogens is 288 g/mol. The van der Waals surface area contributed by atoms with E-state index in [-0.39, 0.29) is 0 Å². The molecule has 0 radical (unpaired) electrons. The number of nitrogens with zero attached hydrogens (tertiary/aromatic N) is 4. The zero-order valence-electron chi connectivity index (χ0n) is 13.9. The molecule has 0 spiro atoms. The molecule has 0 aliphatic carbocycles. The van der Waals surface area contributed by atoms with Crippen molar-refractivity contribution in [3.05, 3.63) is 47.6 Å². The van der Waals surface area contributed by atoms with Crippen molar-refractivity contribution in [2.45, 2.75) is 39.3 Å². The third-order valence-corrected chi connectivity index (χ3v) is 4.37. The van der Waals surface area contributed by atoms with Gasteiger partial charge < -0.3 is 9.42 Å². The number of hydrogen-bond acceptors (Lipinski definition) is 5. The van der Waals surface area contributed by atoms with Crippen molar-refractivity contribution in [2.24, 2.45) is 0 Å². The van der Waals surface area contributed by atoms with Crippen LogP contribution in [0.25, 0.3) is 0 Å². The minimum atomic E-state index is 0.718. The van der Waals surface area contributed by atoms with Gasteiger partial charge in [-0.3, -0.25) is 4.90 Å². The first kappa shape index (κ1) is 16.1. The number of hydrogen-bond donors (Lipinski definition) is 0. The number of aromatic nitrogens is 2. The lowest BCUT2D eigenvalue weighted by atomic mass is 10.2. The van der Waals surface area contributed by atoms with E-state index in [9.17, 15) is 0 Å². The first-order chi connectivity index (χ1) is 11.3. The smallest absolute Gasteiger partial charge is 0.240 e. The molecule has 1 saturated heterocycles. The molecule has 2 heterocycles. The highest BCUT2D eigenvalue weighted by molar-refractivity contribution is 5.14. The molecule has 124 valence electrons. The van der Waals surface area contributed by atoms with Crippen LogP contribution in [0, 0.1) is 0 Å². The van der Waals surface area contributed by atoms with E-state index in [2.05, 4.69) is 50.3 Å².